The molecule has 0 aromatic carbocycles. The molecule has 9 nitrogen and oxygen atoms in total. The summed E-state index contributed by atoms with van der Waals surface area (Å²) >= 11 is 0. The van der Waals surface area contributed by atoms with Crippen molar-refractivity contribution in [2.24, 2.45) is 0 Å². The molecule has 2 amide bonds. The van der Waals surface area contributed by atoms with Crippen molar-refractivity contribution in [3.8, 4) is 0 Å². The third-order valence-corrected chi connectivity index (χ3v) is 5.36. The number of β-lactam (4-membered cyclic amide) rings is 1. The standard InChI is InChI=1S/C17H18N6O3/c24-13-6-11(20-13)16(25)22-5-1-2-9(8-22)23-14-10-3-4-18-15(10)19-7-12(14)21-17(23)26/h3-4,7,9,11H,1-2,5-6,8H2,(H,18,19)(H,20,24)(H,21,26)/t9-,11+/m1/s1. The first kappa shape index (κ1) is 15.2. The van der Waals surface area contributed by atoms with Gasteiger partial charge in [0.15, 0.2) is 0 Å². The Kier molecular flexibility index (Phi) is 3.18. The summed E-state index contributed by atoms with van der Waals surface area (Å²) < 4.78 is 1.76. The monoisotopic (exact) mass is 354 g/mol. The third kappa shape index (κ3) is 2.16. The van der Waals surface area contributed by atoms with Crippen molar-refractivity contribution < 1.29 is 9.59 Å². The highest BCUT2D eigenvalue weighted by atomic mass is 16.2. The van der Waals surface area contributed by atoms with E-state index in [0.717, 1.165) is 29.4 Å². The number of carbonyl (C=O) groups is 2. The predicted molar refractivity (Wildman–Crippen MR) is 93.6 cm³/mol. The van der Waals surface area contributed by atoms with Crippen LogP contribution in [0.25, 0.3) is 22.1 Å². The zero-order valence-corrected chi connectivity index (χ0v) is 14.0. The maximum Gasteiger partial charge on any atom is 0.326 e. The van der Waals surface area contributed by atoms with Gasteiger partial charge in [-0.15, -0.1) is 0 Å². The van der Waals surface area contributed by atoms with Gasteiger partial charge in [-0.3, -0.25) is 14.2 Å². The number of carbonyl (C=O) groups excluding carboxylic acids is 2. The van der Waals surface area contributed by atoms with Gasteiger partial charge in [0.05, 0.1) is 29.7 Å². The molecule has 3 N–H and O–H groups in total. The fraction of sp³-hybridized carbons (Fsp3) is 0.412. The van der Waals surface area contributed by atoms with Crippen molar-refractivity contribution in [3.63, 3.8) is 0 Å². The first-order chi connectivity index (χ1) is 12.6. The lowest BCUT2D eigenvalue weighted by atomic mass is 10.0. The minimum absolute atomic E-state index is 0.0596. The van der Waals surface area contributed by atoms with E-state index in [-0.39, 0.29) is 30.0 Å². The second-order valence-corrected chi connectivity index (χ2v) is 6.97. The number of nitrogens with one attached hydrogen (secondary N) is 3. The minimum Gasteiger partial charge on any atom is -0.346 e. The first-order valence-electron chi connectivity index (χ1n) is 8.76. The fourth-order valence-electron chi connectivity index (χ4n) is 4.06. The number of fused-ring (bicyclic) bond motifs is 3. The molecular formula is C17H18N6O3. The van der Waals surface area contributed by atoms with Crippen LogP contribution in [-0.4, -0.2) is 55.4 Å². The van der Waals surface area contributed by atoms with Gasteiger partial charge in [0, 0.05) is 24.7 Å². The van der Waals surface area contributed by atoms with E-state index in [4.69, 9.17) is 0 Å². The lowest BCUT2D eigenvalue weighted by Crippen LogP contribution is -2.59. The Balaban J connectivity index is 1.52. The summed E-state index contributed by atoms with van der Waals surface area (Å²) in [5.74, 6) is -0.150. The molecule has 2 saturated heterocycles. The van der Waals surface area contributed by atoms with E-state index in [1.165, 1.54) is 0 Å². The number of rotatable bonds is 2. The van der Waals surface area contributed by atoms with Gasteiger partial charge in [0.25, 0.3) is 0 Å². The average molecular weight is 354 g/mol. The number of pyridine rings is 1. The van der Waals surface area contributed by atoms with Crippen molar-refractivity contribution in [3.05, 3.63) is 28.9 Å². The minimum atomic E-state index is -0.415. The number of piperidine rings is 1. The molecule has 0 saturated carbocycles. The van der Waals surface area contributed by atoms with Crippen LogP contribution >= 0.6 is 0 Å². The van der Waals surface area contributed by atoms with Crippen molar-refractivity contribution >= 4 is 33.9 Å². The Hall–Kier alpha value is -3.10. The van der Waals surface area contributed by atoms with E-state index >= 15 is 0 Å². The highest BCUT2D eigenvalue weighted by molar-refractivity contribution is 6.01. The Morgan fingerprint density at radius 1 is 1.31 bits per heavy atom. The molecule has 5 heterocycles. The van der Waals surface area contributed by atoms with Crippen molar-refractivity contribution in [1.29, 1.82) is 0 Å². The highest BCUT2D eigenvalue weighted by Gasteiger charge is 2.37. The molecule has 2 atom stereocenters. The Morgan fingerprint density at radius 3 is 2.96 bits per heavy atom. The van der Waals surface area contributed by atoms with Crippen LogP contribution in [-0.2, 0) is 9.59 Å². The largest absolute Gasteiger partial charge is 0.346 e. The van der Waals surface area contributed by atoms with Crippen LogP contribution in [0.3, 0.4) is 0 Å². The first-order valence-corrected chi connectivity index (χ1v) is 8.76. The molecule has 5 rings (SSSR count). The molecule has 0 bridgehead atoms. The molecule has 0 aliphatic carbocycles. The average Bonchev–Trinajstić information content (AvgIpc) is 3.21. The van der Waals surface area contributed by atoms with Crippen LogP contribution in [0.5, 0.6) is 0 Å². The zero-order valence-electron chi connectivity index (χ0n) is 14.0. The maximum absolute atomic E-state index is 12.6. The summed E-state index contributed by atoms with van der Waals surface area (Å²) in [4.78, 5) is 48.3. The van der Waals surface area contributed by atoms with Gasteiger partial charge in [-0.1, -0.05) is 0 Å². The normalized spacial score (nSPS) is 23.2. The molecule has 2 fully saturated rings. The number of nitrogens with zero attached hydrogens (tertiary/aromatic N) is 3. The Morgan fingerprint density at radius 2 is 2.15 bits per heavy atom. The summed E-state index contributed by atoms with van der Waals surface area (Å²) in [5, 5.41) is 3.52. The van der Waals surface area contributed by atoms with E-state index in [0.29, 0.717) is 18.6 Å². The van der Waals surface area contributed by atoms with Gasteiger partial charge in [-0.25, -0.2) is 9.78 Å². The van der Waals surface area contributed by atoms with Crippen LogP contribution in [0.1, 0.15) is 25.3 Å². The van der Waals surface area contributed by atoms with Gasteiger partial charge in [-0.2, -0.15) is 0 Å². The van der Waals surface area contributed by atoms with Gasteiger partial charge in [-0.05, 0) is 18.9 Å². The molecule has 3 aromatic heterocycles. The fourth-order valence-corrected chi connectivity index (χ4v) is 4.06. The molecule has 2 aliphatic heterocycles. The van der Waals surface area contributed by atoms with E-state index < -0.39 is 6.04 Å². The van der Waals surface area contributed by atoms with Crippen LogP contribution in [0, 0.1) is 0 Å². The highest BCUT2D eigenvalue weighted by Crippen LogP contribution is 2.28. The van der Waals surface area contributed by atoms with Crippen molar-refractivity contribution in [2.45, 2.75) is 31.3 Å². The molecule has 3 aromatic rings. The van der Waals surface area contributed by atoms with E-state index in [1.807, 2.05) is 6.07 Å². The second kappa shape index (κ2) is 5.45. The summed E-state index contributed by atoms with van der Waals surface area (Å²) in [6.45, 7) is 1.12. The van der Waals surface area contributed by atoms with Gasteiger partial charge in [0.2, 0.25) is 11.8 Å². The number of aromatic nitrogens is 4. The van der Waals surface area contributed by atoms with E-state index in [1.54, 1.807) is 21.9 Å². The molecule has 9 heteroatoms. The topological polar surface area (TPSA) is 116 Å². The summed E-state index contributed by atoms with van der Waals surface area (Å²) in [6, 6.07) is 1.39. The second-order valence-electron chi connectivity index (χ2n) is 6.97. The molecular weight excluding hydrogens is 336 g/mol. The number of amides is 2. The van der Waals surface area contributed by atoms with E-state index in [9.17, 15) is 14.4 Å². The third-order valence-electron chi connectivity index (χ3n) is 5.36. The van der Waals surface area contributed by atoms with Crippen LogP contribution in [0.15, 0.2) is 23.3 Å². The SMILES string of the molecule is O=C1C[C@@H](C(=O)N2CCC[C@@H](n3c(=O)[nH]c4cnc5[nH]ccc5c43)C2)N1. The summed E-state index contributed by atoms with van der Waals surface area (Å²) in [7, 11) is 0. The number of hydrogen-bond donors (Lipinski definition) is 3. The number of hydrogen-bond acceptors (Lipinski definition) is 4. The van der Waals surface area contributed by atoms with Crippen LogP contribution in [0.4, 0.5) is 0 Å². The van der Waals surface area contributed by atoms with Gasteiger partial charge < -0.3 is 20.2 Å². The smallest absolute Gasteiger partial charge is 0.326 e. The number of aromatic amines is 2. The number of H-pyrrole nitrogens is 2. The quantitative estimate of drug-likeness (QED) is 0.572. The summed E-state index contributed by atoms with van der Waals surface area (Å²) in [5.41, 5.74) is 2.05. The predicted octanol–water partition coefficient (Wildman–Crippen LogP) is 0.258. The molecule has 134 valence electrons. The number of imidazole rings is 1. The molecule has 0 radical (unpaired) electrons. The maximum atomic E-state index is 12.6. The van der Waals surface area contributed by atoms with Crippen LogP contribution in [0.2, 0.25) is 0 Å². The molecule has 0 unspecified atom stereocenters. The Bertz CT molecular complexity index is 1080. The van der Waals surface area contributed by atoms with Crippen LogP contribution < -0.4 is 11.0 Å². The van der Waals surface area contributed by atoms with Gasteiger partial charge in [0.1, 0.15) is 11.7 Å². The van der Waals surface area contributed by atoms with E-state index in [2.05, 4.69) is 20.3 Å². The molecule has 2 aliphatic rings. The Labute approximate surface area is 147 Å². The van der Waals surface area contributed by atoms with Crippen molar-refractivity contribution in [1.82, 2.24) is 29.7 Å². The lowest BCUT2D eigenvalue weighted by Gasteiger charge is -2.37. The molecule has 0 spiro atoms. The van der Waals surface area contributed by atoms with Gasteiger partial charge >= 0.3 is 5.69 Å². The zero-order chi connectivity index (χ0) is 17.8. The summed E-state index contributed by atoms with van der Waals surface area (Å²) in [6.07, 6.45) is 5.35. The van der Waals surface area contributed by atoms with Crippen molar-refractivity contribution in [2.75, 3.05) is 13.1 Å². The molecule has 26 heavy (non-hydrogen) atoms. The lowest BCUT2D eigenvalue weighted by molar-refractivity contribution is -0.144. The number of likely N-dealkylation sites (tertiary alicyclic amines) is 1.